The van der Waals surface area contributed by atoms with E-state index in [0.29, 0.717) is 22.9 Å². The summed E-state index contributed by atoms with van der Waals surface area (Å²) in [6.45, 7) is 3.38. The molecule has 0 fully saturated rings. The van der Waals surface area contributed by atoms with E-state index >= 15 is 0 Å². The van der Waals surface area contributed by atoms with Gasteiger partial charge in [0.1, 0.15) is 29.4 Å². The van der Waals surface area contributed by atoms with E-state index in [1.807, 2.05) is 6.92 Å². The minimum absolute atomic E-state index is 0.198. The van der Waals surface area contributed by atoms with Crippen LogP contribution in [-0.2, 0) is 16.1 Å². The Morgan fingerprint density at radius 2 is 1.80 bits per heavy atom. The fourth-order valence-corrected chi connectivity index (χ4v) is 2.70. The number of ether oxygens (including phenoxy) is 3. The Hall–Kier alpha value is -3.81. The maximum atomic E-state index is 12.5. The highest BCUT2D eigenvalue weighted by molar-refractivity contribution is 5.96. The molecule has 0 aliphatic carbocycles. The lowest BCUT2D eigenvalue weighted by atomic mass is 10.2. The number of anilines is 1. The summed E-state index contributed by atoms with van der Waals surface area (Å²) in [6, 6.07) is 13.5. The van der Waals surface area contributed by atoms with Crippen molar-refractivity contribution < 1.29 is 28.3 Å². The van der Waals surface area contributed by atoms with Crippen LogP contribution < -0.4 is 14.8 Å². The first kappa shape index (κ1) is 20.9. The van der Waals surface area contributed by atoms with E-state index in [4.69, 9.17) is 18.7 Å². The summed E-state index contributed by atoms with van der Waals surface area (Å²) in [4.78, 5) is 24.5. The van der Waals surface area contributed by atoms with Gasteiger partial charge >= 0.3 is 5.97 Å². The number of methoxy groups -OCH3 is 1. The molecule has 1 N–H and O–H groups in total. The number of aromatic nitrogens is 1. The molecule has 1 aromatic heterocycles. The highest BCUT2D eigenvalue weighted by Gasteiger charge is 2.17. The average molecular weight is 410 g/mol. The largest absolute Gasteiger partial charge is 0.497 e. The van der Waals surface area contributed by atoms with Gasteiger partial charge in [-0.15, -0.1) is 0 Å². The molecule has 8 nitrogen and oxygen atoms in total. The molecule has 0 spiro atoms. The van der Waals surface area contributed by atoms with Crippen LogP contribution in [0, 0.1) is 13.8 Å². The van der Waals surface area contributed by atoms with Gasteiger partial charge in [-0.2, -0.15) is 0 Å². The number of rotatable bonds is 8. The number of esters is 1. The topological polar surface area (TPSA) is 99.9 Å². The summed E-state index contributed by atoms with van der Waals surface area (Å²) >= 11 is 0. The molecule has 0 aliphatic rings. The van der Waals surface area contributed by atoms with Crippen molar-refractivity contribution in [3.63, 3.8) is 0 Å². The Labute approximate surface area is 173 Å². The monoisotopic (exact) mass is 410 g/mol. The van der Waals surface area contributed by atoms with Crippen LogP contribution in [0.2, 0.25) is 0 Å². The number of carbonyl (C=O) groups is 2. The standard InChI is InChI=1S/C22H22N2O6/c1-14-19(15(2)30-24-14)12-28-20-7-5-4-6-18(20)22(26)29-13-21(25)23-16-8-10-17(27-3)11-9-16/h4-11H,12-13H2,1-3H3,(H,23,25). The van der Waals surface area contributed by atoms with Gasteiger partial charge < -0.3 is 24.1 Å². The normalized spacial score (nSPS) is 10.4. The third-order valence-corrected chi connectivity index (χ3v) is 4.37. The summed E-state index contributed by atoms with van der Waals surface area (Å²) in [5.74, 6) is 0.560. The number of benzene rings is 2. The maximum Gasteiger partial charge on any atom is 0.342 e. The molecule has 0 saturated heterocycles. The number of nitrogens with zero attached hydrogens (tertiary/aromatic N) is 1. The fraction of sp³-hybridized carbons (Fsp3) is 0.227. The van der Waals surface area contributed by atoms with Crippen molar-refractivity contribution in [3.05, 3.63) is 71.1 Å². The number of amides is 1. The molecule has 156 valence electrons. The second kappa shape index (κ2) is 9.60. The van der Waals surface area contributed by atoms with E-state index in [2.05, 4.69) is 10.5 Å². The Bertz CT molecular complexity index is 1010. The highest BCUT2D eigenvalue weighted by Crippen LogP contribution is 2.22. The van der Waals surface area contributed by atoms with E-state index in [1.54, 1.807) is 62.6 Å². The molecule has 3 rings (SSSR count). The smallest absolute Gasteiger partial charge is 0.342 e. The maximum absolute atomic E-state index is 12.5. The third-order valence-electron chi connectivity index (χ3n) is 4.37. The first-order valence-corrected chi connectivity index (χ1v) is 9.22. The average Bonchev–Trinajstić information content (AvgIpc) is 3.08. The van der Waals surface area contributed by atoms with Crippen molar-refractivity contribution in [2.75, 3.05) is 19.0 Å². The van der Waals surface area contributed by atoms with Crippen LogP contribution in [0.1, 0.15) is 27.4 Å². The van der Waals surface area contributed by atoms with Crippen molar-refractivity contribution >= 4 is 17.6 Å². The Morgan fingerprint density at radius 1 is 1.07 bits per heavy atom. The van der Waals surface area contributed by atoms with Gasteiger partial charge in [-0.1, -0.05) is 17.3 Å². The molecule has 0 radical (unpaired) electrons. The molecule has 8 heteroatoms. The highest BCUT2D eigenvalue weighted by atomic mass is 16.5. The van der Waals surface area contributed by atoms with E-state index in [9.17, 15) is 9.59 Å². The van der Waals surface area contributed by atoms with Gasteiger partial charge in [0.05, 0.1) is 18.4 Å². The van der Waals surface area contributed by atoms with Crippen molar-refractivity contribution in [1.82, 2.24) is 5.16 Å². The third kappa shape index (κ3) is 5.16. The quantitative estimate of drug-likeness (QED) is 0.566. The first-order valence-electron chi connectivity index (χ1n) is 9.22. The van der Waals surface area contributed by atoms with Crippen LogP contribution in [-0.4, -0.2) is 30.7 Å². The molecule has 1 amide bonds. The van der Waals surface area contributed by atoms with Crippen LogP contribution >= 0.6 is 0 Å². The van der Waals surface area contributed by atoms with Crippen LogP contribution in [0.4, 0.5) is 5.69 Å². The lowest BCUT2D eigenvalue weighted by Crippen LogP contribution is -2.21. The molecule has 2 aromatic carbocycles. The van der Waals surface area contributed by atoms with Crippen LogP contribution in [0.3, 0.4) is 0 Å². The molecule has 1 heterocycles. The van der Waals surface area contributed by atoms with E-state index < -0.39 is 18.5 Å². The van der Waals surface area contributed by atoms with Crippen LogP contribution in [0.15, 0.2) is 53.1 Å². The SMILES string of the molecule is COc1ccc(NC(=O)COC(=O)c2ccccc2OCc2c(C)noc2C)cc1. The van der Waals surface area contributed by atoms with Gasteiger partial charge in [0, 0.05) is 5.69 Å². The van der Waals surface area contributed by atoms with Gasteiger partial charge in [-0.25, -0.2) is 4.79 Å². The minimum Gasteiger partial charge on any atom is -0.497 e. The van der Waals surface area contributed by atoms with E-state index in [-0.39, 0.29) is 12.2 Å². The zero-order valence-electron chi connectivity index (χ0n) is 16.9. The molecule has 0 aliphatic heterocycles. The second-order valence-electron chi connectivity index (χ2n) is 6.44. The second-order valence-corrected chi connectivity index (χ2v) is 6.44. The lowest BCUT2D eigenvalue weighted by Gasteiger charge is -2.11. The van der Waals surface area contributed by atoms with Gasteiger partial charge in [0.25, 0.3) is 5.91 Å². The number of hydrogen-bond acceptors (Lipinski definition) is 7. The Balaban J connectivity index is 1.57. The van der Waals surface area contributed by atoms with Crippen molar-refractivity contribution in [2.24, 2.45) is 0 Å². The minimum atomic E-state index is -0.658. The van der Waals surface area contributed by atoms with Crippen molar-refractivity contribution in [2.45, 2.75) is 20.5 Å². The molecule has 0 unspecified atom stereocenters. The summed E-state index contributed by atoms with van der Waals surface area (Å²) in [6.07, 6.45) is 0. The predicted molar refractivity (Wildman–Crippen MR) is 109 cm³/mol. The van der Waals surface area contributed by atoms with E-state index in [1.165, 1.54) is 0 Å². The molecular formula is C22H22N2O6. The Morgan fingerprint density at radius 3 is 2.47 bits per heavy atom. The Kier molecular flexibility index (Phi) is 6.69. The zero-order chi connectivity index (χ0) is 21.5. The molecule has 0 atom stereocenters. The van der Waals surface area contributed by atoms with Crippen LogP contribution in [0.25, 0.3) is 0 Å². The van der Waals surface area contributed by atoms with Gasteiger partial charge in [0.15, 0.2) is 6.61 Å². The number of carbonyl (C=O) groups excluding carboxylic acids is 2. The zero-order valence-corrected chi connectivity index (χ0v) is 16.9. The number of para-hydroxylation sites is 1. The van der Waals surface area contributed by atoms with Gasteiger partial charge in [-0.3, -0.25) is 4.79 Å². The summed E-state index contributed by atoms with van der Waals surface area (Å²) in [5, 5.41) is 6.53. The van der Waals surface area contributed by atoms with Crippen molar-refractivity contribution in [3.8, 4) is 11.5 Å². The predicted octanol–water partition coefficient (Wildman–Crippen LogP) is 3.67. The van der Waals surface area contributed by atoms with Crippen molar-refractivity contribution in [1.29, 1.82) is 0 Å². The first-order chi connectivity index (χ1) is 14.5. The van der Waals surface area contributed by atoms with Crippen LogP contribution in [0.5, 0.6) is 11.5 Å². The fourth-order valence-electron chi connectivity index (χ4n) is 2.70. The molecule has 0 bridgehead atoms. The summed E-state index contributed by atoms with van der Waals surface area (Å²) in [5.41, 5.74) is 2.33. The van der Waals surface area contributed by atoms with Gasteiger partial charge in [0.2, 0.25) is 0 Å². The summed E-state index contributed by atoms with van der Waals surface area (Å²) < 4.78 is 21.1. The molecular weight excluding hydrogens is 388 g/mol. The van der Waals surface area contributed by atoms with E-state index in [0.717, 1.165) is 11.3 Å². The van der Waals surface area contributed by atoms with Gasteiger partial charge in [-0.05, 0) is 50.2 Å². The number of nitrogens with one attached hydrogen (secondary N) is 1. The number of aryl methyl sites for hydroxylation is 2. The summed E-state index contributed by atoms with van der Waals surface area (Å²) in [7, 11) is 1.56. The molecule has 3 aromatic rings. The molecule has 30 heavy (non-hydrogen) atoms. The lowest BCUT2D eigenvalue weighted by molar-refractivity contribution is -0.119. The number of hydrogen-bond donors (Lipinski definition) is 1. The molecule has 0 saturated carbocycles.